The van der Waals surface area contributed by atoms with Crippen LogP contribution < -0.4 is 14.9 Å². The lowest BCUT2D eigenvalue weighted by Gasteiger charge is -2.12. The van der Waals surface area contributed by atoms with Gasteiger partial charge in [0.1, 0.15) is 10.8 Å². The molecule has 1 aliphatic carbocycles. The number of esters is 1. The summed E-state index contributed by atoms with van der Waals surface area (Å²) in [6.07, 6.45) is 3.81. The summed E-state index contributed by atoms with van der Waals surface area (Å²) in [5.41, 5.74) is 2.43. The average molecular weight is 578 g/mol. The first kappa shape index (κ1) is 28.3. The molecule has 0 radical (unpaired) electrons. The van der Waals surface area contributed by atoms with Gasteiger partial charge in [-0.05, 0) is 56.4 Å². The predicted octanol–water partition coefficient (Wildman–Crippen LogP) is 4.27. The van der Waals surface area contributed by atoms with E-state index in [9.17, 15) is 14.4 Å². The summed E-state index contributed by atoms with van der Waals surface area (Å²) in [7, 11) is 3.24. The highest BCUT2D eigenvalue weighted by atomic mass is 32.2. The third-order valence-corrected chi connectivity index (χ3v) is 9.16. The average Bonchev–Trinajstić information content (AvgIpc) is 3.43. The van der Waals surface area contributed by atoms with Crippen LogP contribution in [0.5, 0.6) is 5.75 Å². The number of carbonyl (C=O) groups excluding carboxylic acids is 3. The first-order chi connectivity index (χ1) is 18.4. The van der Waals surface area contributed by atoms with Crippen LogP contribution in [0.1, 0.15) is 40.6 Å². The van der Waals surface area contributed by atoms with E-state index in [2.05, 4.69) is 10.3 Å². The van der Waals surface area contributed by atoms with E-state index in [4.69, 9.17) is 14.2 Å². The normalized spacial score (nSPS) is 13.4. The number of thiazole rings is 1. The number of thiophene rings is 1. The van der Waals surface area contributed by atoms with E-state index in [1.54, 1.807) is 21.1 Å². The first-order valence-electron chi connectivity index (χ1n) is 12.4. The number of hydrogen-bond acceptors (Lipinski definition) is 9. The summed E-state index contributed by atoms with van der Waals surface area (Å²) < 4.78 is 18.7. The molecule has 2 aromatic heterocycles. The monoisotopic (exact) mass is 577 g/mol. The molecule has 0 atom stereocenters. The lowest BCUT2D eigenvalue weighted by molar-refractivity contribution is -0.115. The van der Waals surface area contributed by atoms with E-state index in [1.807, 2.05) is 22.8 Å². The second-order valence-corrected chi connectivity index (χ2v) is 11.6. The van der Waals surface area contributed by atoms with Gasteiger partial charge in [0.05, 0.1) is 47.6 Å². The molecule has 0 saturated heterocycles. The van der Waals surface area contributed by atoms with E-state index in [-0.39, 0.29) is 29.9 Å². The zero-order chi connectivity index (χ0) is 27.1. The number of thioether (sulfide) groups is 1. The van der Waals surface area contributed by atoms with Gasteiger partial charge >= 0.3 is 5.97 Å². The molecule has 0 saturated carbocycles. The fraction of sp³-hybridized carbons (Fsp3) is 0.462. The number of anilines is 1. The second-order valence-electron chi connectivity index (χ2n) is 8.54. The molecule has 12 heteroatoms. The summed E-state index contributed by atoms with van der Waals surface area (Å²) in [5, 5.41) is 3.42. The fourth-order valence-corrected chi connectivity index (χ4v) is 7.26. The highest BCUT2D eigenvalue weighted by Crippen LogP contribution is 2.38. The van der Waals surface area contributed by atoms with Gasteiger partial charge in [0.2, 0.25) is 5.91 Å². The van der Waals surface area contributed by atoms with Crippen molar-refractivity contribution in [3.63, 3.8) is 0 Å². The summed E-state index contributed by atoms with van der Waals surface area (Å²) in [6, 6.07) is 5.73. The highest BCUT2D eigenvalue weighted by molar-refractivity contribution is 8.00. The molecule has 0 unspecified atom stereocenters. The van der Waals surface area contributed by atoms with E-state index in [0.29, 0.717) is 28.5 Å². The molecule has 2 heterocycles. The van der Waals surface area contributed by atoms with Crippen molar-refractivity contribution >= 4 is 67.4 Å². The number of amides is 2. The Morgan fingerprint density at radius 2 is 1.95 bits per heavy atom. The second kappa shape index (κ2) is 13.4. The van der Waals surface area contributed by atoms with Crippen LogP contribution >= 0.6 is 34.4 Å². The number of rotatable bonds is 11. The highest BCUT2D eigenvalue weighted by Gasteiger charge is 2.27. The van der Waals surface area contributed by atoms with Gasteiger partial charge in [0.25, 0.3) is 5.91 Å². The van der Waals surface area contributed by atoms with Gasteiger partial charge in [-0.3, -0.25) is 9.59 Å². The maximum absolute atomic E-state index is 12.7. The number of nitrogens with zero attached hydrogens (tertiary/aromatic N) is 2. The van der Waals surface area contributed by atoms with Gasteiger partial charge in [-0.25, -0.2) is 4.79 Å². The topological polar surface area (TPSA) is 108 Å². The Bertz CT molecular complexity index is 1390. The van der Waals surface area contributed by atoms with Crippen LogP contribution in [0.2, 0.25) is 0 Å². The summed E-state index contributed by atoms with van der Waals surface area (Å²) in [4.78, 5) is 44.0. The van der Waals surface area contributed by atoms with Gasteiger partial charge < -0.3 is 24.1 Å². The molecule has 0 spiro atoms. The molecular weight excluding hydrogens is 547 g/mol. The minimum absolute atomic E-state index is 0.0565. The number of hydrogen-bond donors (Lipinski definition) is 1. The maximum atomic E-state index is 12.7. The molecule has 1 aromatic carbocycles. The third-order valence-electron chi connectivity index (χ3n) is 5.99. The first-order valence-corrected chi connectivity index (χ1v) is 15.2. The number of nitrogens with one attached hydrogen (secondary N) is 1. The molecule has 0 bridgehead atoms. The Balaban J connectivity index is 1.41. The molecule has 9 nitrogen and oxygen atoms in total. The van der Waals surface area contributed by atoms with Gasteiger partial charge in [-0.15, -0.1) is 23.1 Å². The minimum Gasteiger partial charge on any atom is -0.497 e. The molecular formula is C26H31N3O6S3. The Hall–Kier alpha value is -2.67. The van der Waals surface area contributed by atoms with Crippen molar-refractivity contribution in [3.8, 4) is 5.75 Å². The van der Waals surface area contributed by atoms with Crippen molar-refractivity contribution in [2.45, 2.75) is 39.2 Å². The maximum Gasteiger partial charge on any atom is 0.341 e. The number of fused-ring (bicyclic) bond motifs is 2. The molecule has 4 rings (SSSR count). The van der Waals surface area contributed by atoms with E-state index < -0.39 is 5.97 Å². The molecule has 2 amide bonds. The fourth-order valence-electron chi connectivity index (χ4n) is 4.27. The number of ether oxygens (including phenoxy) is 3. The number of aromatic nitrogens is 1. The van der Waals surface area contributed by atoms with Crippen molar-refractivity contribution in [2.24, 2.45) is 4.99 Å². The Labute approximate surface area is 233 Å². The van der Waals surface area contributed by atoms with Crippen LogP contribution in [0.25, 0.3) is 10.2 Å². The van der Waals surface area contributed by atoms with E-state index in [1.165, 1.54) is 34.4 Å². The standard InChI is InChI=1S/C26H31N3O6S3/c1-4-35-25(32)23-17-7-5-6-8-19(17)37-24(23)27-21(30)14-36-15-22(31)28-26-29(11-12-33-2)18-10-9-16(34-3)13-20(18)38-26/h9-10,13H,4-8,11-12,14-15H2,1-3H3,(H,27,30). The number of methoxy groups -OCH3 is 2. The lowest BCUT2D eigenvalue weighted by Crippen LogP contribution is -2.20. The Kier molecular flexibility index (Phi) is 10.0. The SMILES string of the molecule is CCOC(=O)c1c(NC(=O)CSCC(=O)N=c2sc3cc(OC)ccc3n2CCOC)sc2c1CCCC2. The van der Waals surface area contributed by atoms with Gasteiger partial charge in [-0.2, -0.15) is 4.99 Å². The van der Waals surface area contributed by atoms with Crippen molar-refractivity contribution in [2.75, 3.05) is 44.3 Å². The van der Waals surface area contributed by atoms with Crippen LogP contribution in [0.3, 0.4) is 0 Å². The smallest absolute Gasteiger partial charge is 0.341 e. The largest absolute Gasteiger partial charge is 0.497 e. The molecule has 3 aromatic rings. The minimum atomic E-state index is -0.397. The van der Waals surface area contributed by atoms with Crippen molar-refractivity contribution < 1.29 is 28.6 Å². The molecule has 0 aliphatic heterocycles. The van der Waals surface area contributed by atoms with Crippen LogP contribution in [0, 0.1) is 0 Å². The van der Waals surface area contributed by atoms with Crippen LogP contribution in [-0.4, -0.2) is 61.3 Å². The van der Waals surface area contributed by atoms with Crippen molar-refractivity contribution in [1.29, 1.82) is 0 Å². The molecule has 1 aliphatic rings. The molecule has 204 valence electrons. The zero-order valence-corrected chi connectivity index (χ0v) is 24.1. The van der Waals surface area contributed by atoms with Crippen molar-refractivity contribution in [3.05, 3.63) is 39.0 Å². The van der Waals surface area contributed by atoms with E-state index in [0.717, 1.165) is 52.1 Å². The Morgan fingerprint density at radius 3 is 2.71 bits per heavy atom. The summed E-state index contributed by atoms with van der Waals surface area (Å²) in [6.45, 7) is 3.08. The zero-order valence-electron chi connectivity index (χ0n) is 21.7. The summed E-state index contributed by atoms with van der Waals surface area (Å²) >= 11 is 4.04. The third kappa shape index (κ3) is 6.66. The quantitative estimate of drug-likeness (QED) is 0.339. The molecule has 38 heavy (non-hydrogen) atoms. The molecule has 1 N–H and O–H groups in total. The number of carbonyl (C=O) groups is 3. The lowest BCUT2D eigenvalue weighted by atomic mass is 9.95. The van der Waals surface area contributed by atoms with E-state index >= 15 is 0 Å². The van der Waals surface area contributed by atoms with Crippen LogP contribution in [0.15, 0.2) is 23.2 Å². The van der Waals surface area contributed by atoms with Crippen molar-refractivity contribution in [1.82, 2.24) is 4.57 Å². The van der Waals surface area contributed by atoms with Gasteiger partial charge in [-0.1, -0.05) is 11.3 Å². The number of aryl methyl sites for hydroxylation is 1. The predicted molar refractivity (Wildman–Crippen MR) is 152 cm³/mol. The number of benzene rings is 1. The van der Waals surface area contributed by atoms with Crippen LogP contribution in [-0.2, 0) is 38.4 Å². The van der Waals surface area contributed by atoms with Gasteiger partial charge in [0, 0.05) is 18.5 Å². The summed E-state index contributed by atoms with van der Waals surface area (Å²) in [5.74, 6) is -0.135. The van der Waals surface area contributed by atoms with Gasteiger partial charge in [0.15, 0.2) is 4.80 Å². The molecule has 0 fully saturated rings. The van der Waals surface area contributed by atoms with Crippen LogP contribution in [0.4, 0.5) is 5.00 Å². The Morgan fingerprint density at radius 1 is 1.13 bits per heavy atom.